The summed E-state index contributed by atoms with van der Waals surface area (Å²) in [4.78, 5) is 23.8. The summed E-state index contributed by atoms with van der Waals surface area (Å²) in [6.45, 7) is 6.08. The summed E-state index contributed by atoms with van der Waals surface area (Å²) in [5, 5.41) is 0.680. The van der Waals surface area contributed by atoms with E-state index in [9.17, 15) is 9.18 Å². The topological polar surface area (TPSA) is 89.1 Å². The van der Waals surface area contributed by atoms with Crippen LogP contribution >= 0.6 is 11.9 Å². The molecule has 7 nitrogen and oxygen atoms in total. The van der Waals surface area contributed by atoms with Crippen LogP contribution in [0.4, 0.5) is 16.0 Å². The van der Waals surface area contributed by atoms with Gasteiger partial charge in [-0.2, -0.15) is 4.98 Å². The first-order valence-corrected chi connectivity index (χ1v) is 15.1. The number of fused-ring (bicyclic) bond motifs is 1. The molecule has 39 heavy (non-hydrogen) atoms. The van der Waals surface area contributed by atoms with Crippen molar-refractivity contribution in [1.29, 1.82) is 0 Å². The van der Waals surface area contributed by atoms with Gasteiger partial charge >= 0.3 is 0 Å². The monoisotopic (exact) mass is 554 g/mol. The molecule has 1 aromatic carbocycles. The van der Waals surface area contributed by atoms with Crippen molar-refractivity contribution in [3.63, 3.8) is 0 Å². The van der Waals surface area contributed by atoms with Gasteiger partial charge in [0, 0.05) is 35.0 Å². The Hall–Kier alpha value is -2.65. The van der Waals surface area contributed by atoms with Gasteiger partial charge in [0.05, 0.1) is 5.69 Å². The van der Waals surface area contributed by atoms with Crippen LogP contribution < -0.4 is 16.0 Å². The number of hydrogen-bond acceptors (Lipinski definition) is 7. The van der Waals surface area contributed by atoms with Gasteiger partial charge < -0.3 is 15.4 Å². The third kappa shape index (κ3) is 7.51. The molecule has 0 spiro atoms. The predicted molar refractivity (Wildman–Crippen MR) is 163 cm³/mol. The van der Waals surface area contributed by atoms with Crippen molar-refractivity contribution in [2.45, 2.75) is 84.2 Å². The summed E-state index contributed by atoms with van der Waals surface area (Å²) in [5.74, 6) is 0.658. The summed E-state index contributed by atoms with van der Waals surface area (Å²) in [6.07, 6.45) is 12.5. The zero-order chi connectivity index (χ0) is 28.2. The molecule has 2 fully saturated rings. The van der Waals surface area contributed by atoms with Gasteiger partial charge in [0.2, 0.25) is 5.95 Å². The number of halogens is 1. The largest absolute Gasteiger partial charge is 0.368 e. The highest BCUT2D eigenvalue weighted by atomic mass is 32.2. The average Bonchev–Trinajstić information content (AvgIpc) is 3.64. The van der Waals surface area contributed by atoms with E-state index in [0.29, 0.717) is 33.3 Å². The molecule has 0 atom stereocenters. The number of nitrogens with two attached hydrogens (primary N) is 1. The minimum atomic E-state index is -0.387. The Balaban J connectivity index is 0.000000333. The minimum absolute atomic E-state index is 0.110. The highest BCUT2D eigenvalue weighted by molar-refractivity contribution is 8.00. The van der Waals surface area contributed by atoms with Gasteiger partial charge in [-0.15, -0.1) is 0 Å². The third-order valence-electron chi connectivity index (χ3n) is 7.99. The molecule has 0 radical (unpaired) electrons. The molecule has 0 aliphatic heterocycles. The second kappa shape index (κ2) is 12.7. The van der Waals surface area contributed by atoms with Crippen LogP contribution in [0.2, 0.25) is 0 Å². The Bertz CT molecular complexity index is 1330. The average molecular weight is 555 g/mol. The molecule has 0 bridgehead atoms. The summed E-state index contributed by atoms with van der Waals surface area (Å²) in [5.41, 5.74) is 7.79. The van der Waals surface area contributed by atoms with Gasteiger partial charge in [-0.05, 0) is 89.2 Å². The summed E-state index contributed by atoms with van der Waals surface area (Å²) < 4.78 is 19.4. The van der Waals surface area contributed by atoms with Gasteiger partial charge in [-0.1, -0.05) is 44.2 Å². The van der Waals surface area contributed by atoms with Gasteiger partial charge in [0.1, 0.15) is 11.5 Å². The quantitative estimate of drug-likeness (QED) is 0.231. The zero-order valence-corrected chi connectivity index (χ0v) is 24.8. The highest BCUT2D eigenvalue weighted by Gasteiger charge is 2.36. The molecule has 0 unspecified atom stereocenters. The van der Waals surface area contributed by atoms with Crippen molar-refractivity contribution >= 4 is 34.6 Å². The van der Waals surface area contributed by atoms with Crippen LogP contribution in [0.25, 0.3) is 22.2 Å². The molecule has 2 aliphatic rings. The maximum Gasteiger partial charge on any atom is 0.260 e. The van der Waals surface area contributed by atoms with Crippen molar-refractivity contribution in [3.05, 3.63) is 46.6 Å². The molecule has 2 aromatic heterocycles. The molecular weight excluding hydrogens is 511 g/mol. The first-order chi connectivity index (χ1) is 18.6. The van der Waals surface area contributed by atoms with Crippen molar-refractivity contribution in [2.75, 3.05) is 30.3 Å². The SMILES string of the molecule is CC(C)n1c(=O)c(-c2ccc(NSCCC3(C)CC3)c(F)c2)cc2cnc(N)nc21.CN(C)C1CCCCC1. The van der Waals surface area contributed by atoms with E-state index in [-0.39, 0.29) is 23.4 Å². The normalized spacial score (nSPS) is 16.8. The fourth-order valence-electron chi connectivity index (χ4n) is 5.07. The van der Waals surface area contributed by atoms with E-state index in [1.807, 2.05) is 13.8 Å². The molecule has 2 heterocycles. The number of nitrogens with zero attached hydrogens (tertiary/aromatic N) is 4. The van der Waals surface area contributed by atoms with E-state index in [4.69, 9.17) is 5.73 Å². The van der Waals surface area contributed by atoms with Crippen LogP contribution in [-0.4, -0.2) is 45.3 Å². The van der Waals surface area contributed by atoms with Gasteiger partial charge in [-0.3, -0.25) is 9.36 Å². The first kappa shape index (κ1) is 29.3. The number of nitrogens with one attached hydrogen (secondary N) is 1. The van der Waals surface area contributed by atoms with E-state index in [1.54, 1.807) is 29.0 Å². The van der Waals surface area contributed by atoms with Crippen molar-refractivity contribution in [1.82, 2.24) is 19.4 Å². The molecule has 0 saturated heterocycles. The summed E-state index contributed by atoms with van der Waals surface area (Å²) in [7, 11) is 4.38. The summed E-state index contributed by atoms with van der Waals surface area (Å²) >= 11 is 1.52. The number of pyridine rings is 1. The molecule has 3 aromatic rings. The van der Waals surface area contributed by atoms with Crippen LogP contribution in [0.5, 0.6) is 0 Å². The smallest absolute Gasteiger partial charge is 0.260 e. The molecule has 9 heteroatoms. The fourth-order valence-corrected chi connectivity index (χ4v) is 6.09. The zero-order valence-electron chi connectivity index (χ0n) is 24.0. The van der Waals surface area contributed by atoms with Crippen LogP contribution in [0.3, 0.4) is 0 Å². The lowest BCUT2D eigenvalue weighted by atomic mass is 9.95. The van der Waals surface area contributed by atoms with E-state index in [1.165, 1.54) is 63.0 Å². The van der Waals surface area contributed by atoms with E-state index < -0.39 is 0 Å². The molecule has 0 amide bonds. The van der Waals surface area contributed by atoms with Gasteiger partial charge in [0.15, 0.2) is 0 Å². The second-order valence-electron chi connectivity index (χ2n) is 11.8. The number of benzene rings is 1. The predicted octanol–water partition coefficient (Wildman–Crippen LogP) is 6.89. The van der Waals surface area contributed by atoms with Crippen molar-refractivity contribution in [2.24, 2.45) is 5.41 Å². The maximum absolute atomic E-state index is 14.7. The van der Waals surface area contributed by atoms with Gasteiger partial charge in [0.25, 0.3) is 5.56 Å². The minimum Gasteiger partial charge on any atom is -0.368 e. The highest BCUT2D eigenvalue weighted by Crippen LogP contribution is 2.48. The Morgan fingerprint density at radius 2 is 1.92 bits per heavy atom. The maximum atomic E-state index is 14.7. The standard InChI is InChI=1S/C22H26FN5OS.C8H17N/c1-13(2)28-19-15(12-25-21(24)26-19)10-16(20(28)29)14-4-5-18(17(23)11-14)27-30-9-8-22(3)6-7-22;1-9(2)8-6-4-3-5-7-8/h4-5,10-13,27H,6-9H2,1-3H3,(H2,24,25,26);8H,3-7H2,1-2H3. The summed E-state index contributed by atoms with van der Waals surface area (Å²) in [6, 6.07) is 7.29. The molecule has 2 saturated carbocycles. The Morgan fingerprint density at radius 1 is 1.21 bits per heavy atom. The number of hydrogen-bond donors (Lipinski definition) is 2. The van der Waals surface area contributed by atoms with Gasteiger partial charge in [-0.25, -0.2) is 9.37 Å². The second-order valence-corrected chi connectivity index (χ2v) is 12.7. The molecule has 212 valence electrons. The molecule has 5 rings (SSSR count). The van der Waals surface area contributed by atoms with E-state index in [2.05, 4.69) is 40.6 Å². The number of nitrogen functional groups attached to an aromatic ring is 1. The van der Waals surface area contributed by atoms with Crippen molar-refractivity contribution in [3.8, 4) is 11.1 Å². The lowest BCUT2D eigenvalue weighted by Gasteiger charge is -2.27. The van der Waals surface area contributed by atoms with Crippen LogP contribution in [0.15, 0.2) is 35.3 Å². The lowest BCUT2D eigenvalue weighted by molar-refractivity contribution is 0.229. The number of rotatable bonds is 8. The Morgan fingerprint density at radius 3 is 2.51 bits per heavy atom. The third-order valence-corrected chi connectivity index (χ3v) is 8.76. The van der Waals surface area contributed by atoms with E-state index in [0.717, 1.165) is 18.2 Å². The lowest BCUT2D eigenvalue weighted by Crippen LogP contribution is -2.29. The van der Waals surface area contributed by atoms with Crippen LogP contribution in [0.1, 0.15) is 78.2 Å². The van der Waals surface area contributed by atoms with E-state index >= 15 is 0 Å². The molecule has 3 N–H and O–H groups in total. The van der Waals surface area contributed by atoms with Crippen LogP contribution in [-0.2, 0) is 0 Å². The molecule has 2 aliphatic carbocycles. The molecular formula is C30H43FN6OS. The first-order valence-electron chi connectivity index (χ1n) is 14.1. The Kier molecular flexibility index (Phi) is 9.54. The van der Waals surface area contributed by atoms with Crippen LogP contribution in [0, 0.1) is 11.2 Å². The van der Waals surface area contributed by atoms with Crippen molar-refractivity contribution < 1.29 is 4.39 Å². The fraction of sp³-hybridized carbons (Fsp3) is 0.567. The number of aromatic nitrogens is 3. The Labute approximate surface area is 235 Å². The number of anilines is 2.